The maximum atomic E-state index is 12.9. The Labute approximate surface area is 158 Å². The maximum absolute atomic E-state index is 12.9. The van der Waals surface area contributed by atoms with Gasteiger partial charge in [0.15, 0.2) is 0 Å². The lowest BCUT2D eigenvalue weighted by atomic mass is 10.1. The summed E-state index contributed by atoms with van der Waals surface area (Å²) in [5, 5.41) is 0. The molecule has 0 spiro atoms. The average Bonchev–Trinajstić information content (AvgIpc) is 3.09. The zero-order valence-electron chi connectivity index (χ0n) is 15.5. The van der Waals surface area contributed by atoms with Crippen LogP contribution in [0.15, 0.2) is 24.3 Å². The Morgan fingerprint density at radius 2 is 1.74 bits per heavy atom. The Bertz CT molecular complexity index is 613. The molecule has 0 N–H and O–H groups in total. The van der Waals surface area contributed by atoms with Gasteiger partial charge in [-0.15, -0.1) is 0 Å². The highest BCUT2D eigenvalue weighted by molar-refractivity contribution is 5.94. The van der Waals surface area contributed by atoms with Gasteiger partial charge in [-0.25, -0.2) is 0 Å². The molecule has 2 saturated heterocycles. The molecule has 2 heterocycles. The first kappa shape index (κ1) is 20.0. The van der Waals surface area contributed by atoms with Crippen LogP contribution in [0.2, 0.25) is 0 Å². The van der Waals surface area contributed by atoms with Crippen molar-refractivity contribution in [2.45, 2.75) is 50.7 Å². The molecule has 2 fully saturated rings. The van der Waals surface area contributed by atoms with E-state index in [1.165, 1.54) is 19.3 Å². The third-order valence-corrected chi connectivity index (χ3v) is 5.31. The minimum Gasteiger partial charge on any atom is -0.493 e. The summed E-state index contributed by atoms with van der Waals surface area (Å²) in [6.07, 6.45) is 0.590. The van der Waals surface area contributed by atoms with E-state index < -0.39 is 19.2 Å². The van der Waals surface area contributed by atoms with Crippen molar-refractivity contribution in [1.82, 2.24) is 9.80 Å². The van der Waals surface area contributed by atoms with Crippen molar-refractivity contribution in [1.29, 1.82) is 0 Å². The maximum Gasteiger partial charge on any atom is 0.392 e. The molecule has 3 rings (SSSR count). The number of halogens is 3. The van der Waals surface area contributed by atoms with Crippen molar-refractivity contribution >= 4 is 5.91 Å². The number of amides is 1. The van der Waals surface area contributed by atoms with Gasteiger partial charge in [-0.3, -0.25) is 4.79 Å². The minimum absolute atomic E-state index is 0.00338. The predicted octanol–water partition coefficient (Wildman–Crippen LogP) is 4.11. The van der Waals surface area contributed by atoms with Gasteiger partial charge in [0.2, 0.25) is 0 Å². The van der Waals surface area contributed by atoms with Gasteiger partial charge >= 0.3 is 6.18 Å². The minimum atomic E-state index is -4.23. The van der Waals surface area contributed by atoms with E-state index in [2.05, 4.69) is 4.90 Å². The van der Waals surface area contributed by atoms with Gasteiger partial charge in [-0.1, -0.05) is 6.42 Å². The molecule has 0 radical (unpaired) electrons. The average molecular weight is 384 g/mol. The molecular weight excluding hydrogens is 357 g/mol. The number of piperidine rings is 1. The van der Waals surface area contributed by atoms with E-state index in [0.29, 0.717) is 11.3 Å². The van der Waals surface area contributed by atoms with Gasteiger partial charge in [0.1, 0.15) is 5.75 Å². The van der Waals surface area contributed by atoms with E-state index in [4.69, 9.17) is 4.74 Å². The second-order valence-corrected chi connectivity index (χ2v) is 7.39. The van der Waals surface area contributed by atoms with Gasteiger partial charge in [0.25, 0.3) is 5.91 Å². The summed E-state index contributed by atoms with van der Waals surface area (Å²) < 4.78 is 41.6. The van der Waals surface area contributed by atoms with Gasteiger partial charge in [0, 0.05) is 24.7 Å². The number of ether oxygens (including phenoxy) is 1. The highest BCUT2D eigenvalue weighted by atomic mass is 19.4. The van der Waals surface area contributed by atoms with Crippen molar-refractivity contribution in [2.24, 2.45) is 0 Å². The molecular formula is C20H27F3N2O2. The van der Waals surface area contributed by atoms with Crippen molar-refractivity contribution < 1.29 is 22.7 Å². The van der Waals surface area contributed by atoms with E-state index in [1.54, 1.807) is 24.3 Å². The number of carbonyl (C=O) groups is 1. The zero-order valence-corrected chi connectivity index (χ0v) is 15.5. The highest BCUT2D eigenvalue weighted by Crippen LogP contribution is 2.24. The molecule has 1 aromatic carbocycles. The standard InChI is InChI=1S/C20H27F3N2O2/c21-20(22,23)10-14-27-18-8-6-16(7-9-18)19(26)25-13-4-5-17(25)15-24-11-2-1-3-12-24/h6-9,17H,1-5,10-15H2. The Kier molecular flexibility index (Phi) is 6.63. The van der Waals surface area contributed by atoms with Crippen molar-refractivity contribution in [3.8, 4) is 5.75 Å². The number of rotatable bonds is 6. The van der Waals surface area contributed by atoms with E-state index in [1.807, 2.05) is 4.90 Å². The number of hydrogen-bond donors (Lipinski definition) is 0. The first-order valence-electron chi connectivity index (χ1n) is 9.75. The summed E-state index contributed by atoms with van der Waals surface area (Å²) in [6.45, 7) is 3.51. The summed E-state index contributed by atoms with van der Waals surface area (Å²) in [4.78, 5) is 17.3. The Morgan fingerprint density at radius 1 is 1.04 bits per heavy atom. The molecule has 0 bridgehead atoms. The van der Waals surface area contributed by atoms with Crippen molar-refractivity contribution in [3.63, 3.8) is 0 Å². The van der Waals surface area contributed by atoms with Gasteiger partial charge in [-0.05, 0) is 63.0 Å². The molecule has 1 amide bonds. The number of carbonyl (C=O) groups excluding carboxylic acids is 1. The van der Waals surface area contributed by atoms with Crippen molar-refractivity contribution in [3.05, 3.63) is 29.8 Å². The summed E-state index contributed by atoms with van der Waals surface area (Å²) >= 11 is 0. The topological polar surface area (TPSA) is 32.8 Å². The second kappa shape index (κ2) is 8.95. The van der Waals surface area contributed by atoms with Crippen LogP contribution in [0.1, 0.15) is 48.9 Å². The molecule has 2 aliphatic heterocycles. The summed E-state index contributed by atoms with van der Waals surface area (Å²) in [6, 6.07) is 6.67. The van der Waals surface area contributed by atoms with Crippen LogP contribution in [0.5, 0.6) is 5.75 Å². The predicted molar refractivity (Wildman–Crippen MR) is 97.0 cm³/mol. The van der Waals surface area contributed by atoms with E-state index >= 15 is 0 Å². The molecule has 27 heavy (non-hydrogen) atoms. The van der Waals surface area contributed by atoms with Crippen LogP contribution in [0.3, 0.4) is 0 Å². The molecule has 0 aromatic heterocycles. The van der Waals surface area contributed by atoms with Gasteiger partial charge in [0.05, 0.1) is 13.0 Å². The fourth-order valence-electron chi connectivity index (χ4n) is 3.88. The number of hydrogen-bond acceptors (Lipinski definition) is 3. The molecule has 1 atom stereocenters. The largest absolute Gasteiger partial charge is 0.493 e. The van der Waals surface area contributed by atoms with Crippen LogP contribution in [0.25, 0.3) is 0 Å². The molecule has 2 aliphatic rings. The SMILES string of the molecule is O=C(c1ccc(OCCC(F)(F)F)cc1)N1CCCC1CN1CCCCC1. The van der Waals surface area contributed by atoms with Crippen LogP contribution >= 0.6 is 0 Å². The first-order chi connectivity index (χ1) is 12.9. The third kappa shape index (κ3) is 5.86. The second-order valence-electron chi connectivity index (χ2n) is 7.39. The molecule has 4 nitrogen and oxygen atoms in total. The summed E-state index contributed by atoms with van der Waals surface area (Å²) in [7, 11) is 0. The van der Waals surface area contributed by atoms with Crippen LogP contribution in [-0.4, -0.2) is 60.7 Å². The Morgan fingerprint density at radius 3 is 2.41 bits per heavy atom. The normalized spacial score (nSPS) is 21.4. The molecule has 1 unspecified atom stereocenters. The van der Waals surface area contributed by atoms with Crippen LogP contribution in [-0.2, 0) is 0 Å². The van der Waals surface area contributed by atoms with Gasteiger partial charge in [-0.2, -0.15) is 13.2 Å². The molecule has 0 aliphatic carbocycles. The molecule has 1 aromatic rings. The monoisotopic (exact) mass is 384 g/mol. The van der Waals surface area contributed by atoms with Crippen molar-refractivity contribution in [2.75, 3.05) is 32.8 Å². The third-order valence-electron chi connectivity index (χ3n) is 5.31. The van der Waals surface area contributed by atoms with E-state index in [0.717, 1.165) is 39.0 Å². The number of alkyl halides is 3. The lowest BCUT2D eigenvalue weighted by molar-refractivity contribution is -0.139. The fourth-order valence-corrected chi connectivity index (χ4v) is 3.88. The Hall–Kier alpha value is -1.76. The molecule has 7 heteroatoms. The number of nitrogens with zero attached hydrogens (tertiary/aromatic N) is 2. The van der Waals surface area contributed by atoms with Crippen LogP contribution in [0, 0.1) is 0 Å². The quantitative estimate of drug-likeness (QED) is 0.740. The van der Waals surface area contributed by atoms with E-state index in [9.17, 15) is 18.0 Å². The van der Waals surface area contributed by atoms with E-state index in [-0.39, 0.29) is 11.9 Å². The first-order valence-corrected chi connectivity index (χ1v) is 9.75. The lowest BCUT2D eigenvalue weighted by Gasteiger charge is -2.33. The molecule has 150 valence electrons. The smallest absolute Gasteiger partial charge is 0.392 e. The van der Waals surface area contributed by atoms with Gasteiger partial charge < -0.3 is 14.5 Å². The summed E-state index contributed by atoms with van der Waals surface area (Å²) in [5.41, 5.74) is 0.559. The Balaban J connectivity index is 1.54. The van der Waals surface area contributed by atoms with Crippen LogP contribution < -0.4 is 4.74 Å². The lowest BCUT2D eigenvalue weighted by Crippen LogP contribution is -2.44. The zero-order chi connectivity index (χ0) is 19.3. The number of likely N-dealkylation sites (tertiary alicyclic amines) is 2. The van der Waals surface area contributed by atoms with Crippen LogP contribution in [0.4, 0.5) is 13.2 Å². The molecule has 0 saturated carbocycles. The fraction of sp³-hybridized carbons (Fsp3) is 0.650. The summed E-state index contributed by atoms with van der Waals surface area (Å²) in [5.74, 6) is 0.346. The highest BCUT2D eigenvalue weighted by Gasteiger charge is 2.31. The number of benzene rings is 1.